The zero-order valence-electron chi connectivity index (χ0n) is 8.26. The van der Waals surface area contributed by atoms with Crippen LogP contribution in [0, 0.1) is 5.92 Å². The van der Waals surface area contributed by atoms with Crippen LogP contribution in [-0.4, -0.2) is 37.6 Å². The van der Waals surface area contributed by atoms with Crippen molar-refractivity contribution in [2.45, 2.75) is 19.9 Å². The van der Waals surface area contributed by atoms with Crippen LogP contribution in [0.5, 0.6) is 0 Å². The van der Waals surface area contributed by atoms with Crippen molar-refractivity contribution < 1.29 is 14.7 Å². The fourth-order valence-electron chi connectivity index (χ4n) is 0.868. The van der Waals surface area contributed by atoms with E-state index in [2.05, 4.69) is 25.9 Å². The average molecular weight is 213 g/mol. The molecular formula is C7H11N5O3. The molecule has 0 aliphatic heterocycles. The number of H-pyrrole nitrogens is 1. The van der Waals surface area contributed by atoms with Crippen LogP contribution in [0.4, 0.5) is 0 Å². The van der Waals surface area contributed by atoms with Gasteiger partial charge in [-0.3, -0.25) is 9.59 Å². The summed E-state index contributed by atoms with van der Waals surface area (Å²) in [6, 6.07) is -0.474. The van der Waals surface area contributed by atoms with Gasteiger partial charge < -0.3 is 10.4 Å². The van der Waals surface area contributed by atoms with Crippen molar-refractivity contribution in [2.75, 3.05) is 0 Å². The number of carboxylic acid groups (broad SMARTS) is 1. The van der Waals surface area contributed by atoms with Crippen molar-refractivity contribution >= 4 is 11.9 Å². The number of tetrazole rings is 1. The van der Waals surface area contributed by atoms with Crippen LogP contribution in [0.3, 0.4) is 0 Å². The van der Waals surface area contributed by atoms with E-state index in [1.807, 2.05) is 0 Å². The molecule has 1 aromatic heterocycles. The number of amides is 1. The number of hydrogen-bond acceptors (Lipinski definition) is 5. The van der Waals surface area contributed by atoms with E-state index in [0.717, 1.165) is 0 Å². The standard InChI is InChI=1S/C7H11N5O3/c1-3(7(14)15)6(13)8-4(2)5-9-11-12-10-5/h3-4H,1-2H3,(H,8,13)(H,14,15)(H,9,10,11,12). The van der Waals surface area contributed by atoms with Crippen molar-refractivity contribution in [1.82, 2.24) is 25.9 Å². The molecule has 0 fully saturated rings. The molecule has 3 N–H and O–H groups in total. The maximum atomic E-state index is 11.3. The van der Waals surface area contributed by atoms with Gasteiger partial charge >= 0.3 is 5.97 Å². The van der Waals surface area contributed by atoms with Gasteiger partial charge in [0.1, 0.15) is 5.92 Å². The zero-order chi connectivity index (χ0) is 11.4. The highest BCUT2D eigenvalue weighted by molar-refractivity contribution is 5.96. The van der Waals surface area contributed by atoms with Gasteiger partial charge in [0, 0.05) is 0 Å². The molecule has 0 radical (unpaired) electrons. The number of aliphatic carboxylic acids is 1. The van der Waals surface area contributed by atoms with Gasteiger partial charge in [0.25, 0.3) is 0 Å². The van der Waals surface area contributed by atoms with Crippen molar-refractivity contribution in [3.05, 3.63) is 5.82 Å². The van der Waals surface area contributed by atoms with Crippen molar-refractivity contribution in [3.8, 4) is 0 Å². The third kappa shape index (κ3) is 2.73. The van der Waals surface area contributed by atoms with Crippen LogP contribution < -0.4 is 5.32 Å². The minimum atomic E-state index is -1.17. The normalized spacial score (nSPS) is 14.3. The van der Waals surface area contributed by atoms with Crippen LogP contribution in [0.1, 0.15) is 25.7 Å². The van der Waals surface area contributed by atoms with Crippen molar-refractivity contribution in [1.29, 1.82) is 0 Å². The van der Waals surface area contributed by atoms with Gasteiger partial charge in [-0.25, -0.2) is 0 Å². The summed E-state index contributed by atoms with van der Waals surface area (Å²) in [6.45, 7) is 2.94. The SMILES string of the molecule is CC(C(=O)O)C(=O)NC(C)c1nn[nH]n1. The molecule has 1 heterocycles. The van der Waals surface area contributed by atoms with E-state index in [0.29, 0.717) is 5.82 Å². The minimum Gasteiger partial charge on any atom is -0.481 e. The number of hydrogen-bond donors (Lipinski definition) is 3. The maximum absolute atomic E-state index is 11.3. The summed E-state index contributed by atoms with van der Waals surface area (Å²) < 4.78 is 0. The molecule has 2 atom stereocenters. The molecule has 0 saturated heterocycles. The van der Waals surface area contributed by atoms with E-state index < -0.39 is 23.8 Å². The molecule has 2 unspecified atom stereocenters. The number of nitrogens with one attached hydrogen (secondary N) is 2. The Bertz CT molecular complexity index is 350. The molecular weight excluding hydrogens is 202 g/mol. The zero-order valence-corrected chi connectivity index (χ0v) is 8.26. The average Bonchev–Trinajstić information content (AvgIpc) is 2.68. The second-order valence-corrected chi connectivity index (χ2v) is 3.06. The number of nitrogens with zero attached hydrogens (tertiary/aromatic N) is 3. The van der Waals surface area contributed by atoms with Gasteiger partial charge in [0.15, 0.2) is 5.82 Å². The first-order valence-corrected chi connectivity index (χ1v) is 4.29. The Morgan fingerprint density at radius 3 is 2.60 bits per heavy atom. The van der Waals surface area contributed by atoms with Gasteiger partial charge in [-0.1, -0.05) is 5.21 Å². The Morgan fingerprint density at radius 2 is 2.13 bits per heavy atom. The highest BCUT2D eigenvalue weighted by Crippen LogP contribution is 2.05. The summed E-state index contributed by atoms with van der Waals surface area (Å²) in [7, 11) is 0. The van der Waals surface area contributed by atoms with Gasteiger partial charge in [0.05, 0.1) is 6.04 Å². The first kappa shape index (κ1) is 11.1. The second-order valence-electron chi connectivity index (χ2n) is 3.06. The van der Waals surface area contributed by atoms with E-state index >= 15 is 0 Å². The third-order valence-corrected chi connectivity index (χ3v) is 1.87. The quantitative estimate of drug-likeness (QED) is 0.557. The van der Waals surface area contributed by atoms with E-state index in [1.165, 1.54) is 6.92 Å². The summed E-state index contributed by atoms with van der Waals surface area (Å²) in [5.74, 6) is -2.55. The summed E-state index contributed by atoms with van der Waals surface area (Å²) in [6.07, 6.45) is 0. The number of aromatic nitrogens is 4. The van der Waals surface area contributed by atoms with Gasteiger partial charge in [-0.05, 0) is 13.8 Å². The van der Waals surface area contributed by atoms with Crippen LogP contribution in [-0.2, 0) is 9.59 Å². The largest absolute Gasteiger partial charge is 0.481 e. The predicted octanol–water partition coefficient (Wildman–Crippen LogP) is -0.902. The van der Waals surface area contributed by atoms with Crippen molar-refractivity contribution in [3.63, 3.8) is 0 Å². The molecule has 1 rings (SSSR count). The third-order valence-electron chi connectivity index (χ3n) is 1.87. The number of carbonyl (C=O) groups excluding carboxylic acids is 1. The molecule has 0 saturated carbocycles. The lowest BCUT2D eigenvalue weighted by molar-refractivity contribution is -0.146. The van der Waals surface area contributed by atoms with Crippen LogP contribution in [0.2, 0.25) is 0 Å². The number of rotatable bonds is 4. The first-order chi connectivity index (χ1) is 7.02. The molecule has 15 heavy (non-hydrogen) atoms. The number of aromatic amines is 1. The molecule has 0 aliphatic rings. The highest BCUT2D eigenvalue weighted by Gasteiger charge is 2.23. The molecule has 1 aromatic rings. The lowest BCUT2D eigenvalue weighted by Crippen LogP contribution is -2.35. The number of carbonyl (C=O) groups is 2. The summed E-state index contributed by atoms with van der Waals surface area (Å²) in [4.78, 5) is 21.8. The Kier molecular flexibility index (Phi) is 3.32. The van der Waals surface area contributed by atoms with Crippen molar-refractivity contribution in [2.24, 2.45) is 5.92 Å². The van der Waals surface area contributed by atoms with Crippen LogP contribution >= 0.6 is 0 Å². The van der Waals surface area contributed by atoms with Crippen LogP contribution in [0.15, 0.2) is 0 Å². The monoisotopic (exact) mass is 213 g/mol. The molecule has 8 heteroatoms. The van der Waals surface area contributed by atoms with E-state index in [9.17, 15) is 9.59 Å². The molecule has 82 valence electrons. The predicted molar refractivity (Wildman–Crippen MR) is 47.5 cm³/mol. The van der Waals surface area contributed by atoms with E-state index in [1.54, 1.807) is 6.92 Å². The molecule has 0 aromatic carbocycles. The van der Waals surface area contributed by atoms with Gasteiger partial charge in [-0.2, -0.15) is 5.21 Å². The Morgan fingerprint density at radius 1 is 1.47 bits per heavy atom. The Labute approximate surface area is 85.1 Å². The summed E-state index contributed by atoms with van der Waals surface area (Å²) in [5, 5.41) is 23.9. The first-order valence-electron chi connectivity index (χ1n) is 4.29. The molecule has 8 nitrogen and oxygen atoms in total. The Hall–Kier alpha value is -1.99. The minimum absolute atomic E-state index is 0.306. The van der Waals surface area contributed by atoms with Crippen LogP contribution in [0.25, 0.3) is 0 Å². The maximum Gasteiger partial charge on any atom is 0.315 e. The summed E-state index contributed by atoms with van der Waals surface area (Å²) >= 11 is 0. The lowest BCUT2D eigenvalue weighted by atomic mass is 10.1. The van der Waals surface area contributed by atoms with E-state index in [-0.39, 0.29) is 0 Å². The topological polar surface area (TPSA) is 121 Å². The molecule has 0 aliphatic carbocycles. The summed E-state index contributed by atoms with van der Waals surface area (Å²) in [5.41, 5.74) is 0. The van der Waals surface area contributed by atoms with Gasteiger partial charge in [-0.15, -0.1) is 10.2 Å². The number of carboxylic acids is 1. The van der Waals surface area contributed by atoms with E-state index in [4.69, 9.17) is 5.11 Å². The second kappa shape index (κ2) is 4.49. The highest BCUT2D eigenvalue weighted by atomic mass is 16.4. The smallest absolute Gasteiger partial charge is 0.315 e. The fourth-order valence-corrected chi connectivity index (χ4v) is 0.868. The lowest BCUT2D eigenvalue weighted by Gasteiger charge is -2.11. The Balaban J connectivity index is 2.56. The van der Waals surface area contributed by atoms with Gasteiger partial charge in [0.2, 0.25) is 5.91 Å². The molecule has 1 amide bonds. The fraction of sp³-hybridized carbons (Fsp3) is 0.571. The molecule has 0 spiro atoms. The molecule has 0 bridgehead atoms.